The lowest BCUT2D eigenvalue weighted by molar-refractivity contribution is -0.122. The highest BCUT2D eigenvalue weighted by molar-refractivity contribution is 5.82. The van der Waals surface area contributed by atoms with Crippen molar-refractivity contribution in [1.29, 1.82) is 0 Å². The molecule has 1 aliphatic rings. The highest BCUT2D eigenvalue weighted by atomic mass is 16.5. The third kappa shape index (κ3) is 3.55. The largest absolute Gasteiger partial charge is 0.381 e. The highest BCUT2D eigenvalue weighted by Crippen LogP contribution is 2.31. The van der Waals surface area contributed by atoms with E-state index in [0.29, 0.717) is 12.5 Å². The zero-order valence-corrected chi connectivity index (χ0v) is 13.9. The third-order valence-corrected chi connectivity index (χ3v) is 4.65. The summed E-state index contributed by atoms with van der Waals surface area (Å²) in [5.41, 5.74) is 2.11. The van der Waals surface area contributed by atoms with Crippen molar-refractivity contribution in [2.24, 2.45) is 0 Å². The fraction of sp³-hybridized carbons (Fsp3) is 0.556. The molecule has 1 unspecified atom stereocenters. The number of rotatable bonds is 5. The number of carbonyl (C=O) groups excluding carboxylic acids is 1. The van der Waals surface area contributed by atoms with Crippen molar-refractivity contribution in [3.8, 4) is 0 Å². The van der Waals surface area contributed by atoms with Crippen molar-refractivity contribution >= 4 is 16.9 Å². The molecule has 124 valence electrons. The number of pyridine rings is 1. The van der Waals surface area contributed by atoms with E-state index in [2.05, 4.69) is 33.9 Å². The third-order valence-electron chi connectivity index (χ3n) is 4.65. The fourth-order valence-electron chi connectivity index (χ4n) is 3.17. The van der Waals surface area contributed by atoms with E-state index in [1.165, 1.54) is 5.69 Å². The van der Waals surface area contributed by atoms with Crippen LogP contribution in [0, 0.1) is 0 Å². The van der Waals surface area contributed by atoms with Gasteiger partial charge in [-0.2, -0.15) is 0 Å². The van der Waals surface area contributed by atoms with Crippen molar-refractivity contribution in [2.75, 3.05) is 13.2 Å². The first-order valence-corrected chi connectivity index (χ1v) is 8.50. The van der Waals surface area contributed by atoms with Gasteiger partial charge < -0.3 is 14.6 Å². The molecule has 0 aromatic carbocycles. The van der Waals surface area contributed by atoms with Gasteiger partial charge in [0.25, 0.3) is 0 Å². The van der Waals surface area contributed by atoms with Gasteiger partial charge in [0, 0.05) is 42.5 Å². The van der Waals surface area contributed by atoms with Crippen molar-refractivity contribution in [3.05, 3.63) is 30.1 Å². The molecule has 0 saturated carbocycles. The molecular formula is C18H25N3O2. The van der Waals surface area contributed by atoms with E-state index in [-0.39, 0.29) is 11.9 Å². The van der Waals surface area contributed by atoms with Gasteiger partial charge in [-0.15, -0.1) is 0 Å². The van der Waals surface area contributed by atoms with Crippen LogP contribution in [0.2, 0.25) is 0 Å². The second-order valence-corrected chi connectivity index (χ2v) is 6.34. The molecule has 1 amide bonds. The van der Waals surface area contributed by atoms with Gasteiger partial charge >= 0.3 is 0 Å². The first-order valence-electron chi connectivity index (χ1n) is 8.50. The van der Waals surface area contributed by atoms with E-state index in [0.717, 1.165) is 43.5 Å². The minimum absolute atomic E-state index is 0.0517. The Morgan fingerprint density at radius 3 is 3.00 bits per heavy atom. The lowest BCUT2D eigenvalue weighted by atomic mass is 9.96. The maximum Gasteiger partial charge on any atom is 0.240 e. The zero-order valence-electron chi connectivity index (χ0n) is 13.9. The van der Waals surface area contributed by atoms with Crippen LogP contribution in [0.4, 0.5) is 0 Å². The maximum absolute atomic E-state index is 12.4. The predicted octanol–water partition coefficient (Wildman–Crippen LogP) is 2.85. The van der Waals surface area contributed by atoms with E-state index >= 15 is 0 Å². The second-order valence-electron chi connectivity index (χ2n) is 6.34. The number of nitrogens with one attached hydrogen (secondary N) is 1. The first-order chi connectivity index (χ1) is 11.2. The summed E-state index contributed by atoms with van der Waals surface area (Å²) in [6, 6.07) is 6.40. The van der Waals surface area contributed by atoms with Gasteiger partial charge in [0.15, 0.2) is 0 Å². The van der Waals surface area contributed by atoms with Crippen LogP contribution >= 0.6 is 0 Å². The average Bonchev–Trinajstić information content (AvgIpc) is 2.94. The molecule has 3 rings (SSSR count). The summed E-state index contributed by atoms with van der Waals surface area (Å²) in [7, 11) is 0. The number of ether oxygens (including phenoxy) is 1. The molecule has 2 aromatic rings. The lowest BCUT2D eigenvalue weighted by Crippen LogP contribution is -2.35. The van der Waals surface area contributed by atoms with Crippen LogP contribution in [0.15, 0.2) is 24.4 Å². The van der Waals surface area contributed by atoms with Gasteiger partial charge in [-0.05, 0) is 44.4 Å². The normalized spacial score (nSPS) is 17.3. The minimum atomic E-state index is 0.0517. The van der Waals surface area contributed by atoms with Gasteiger partial charge in [-0.3, -0.25) is 4.79 Å². The number of fused-ring (bicyclic) bond motifs is 1. The Balaban J connectivity index is 1.91. The van der Waals surface area contributed by atoms with Crippen LogP contribution in [0.1, 0.15) is 44.7 Å². The minimum Gasteiger partial charge on any atom is -0.381 e. The van der Waals surface area contributed by atoms with Crippen LogP contribution in [0.3, 0.4) is 0 Å². The van der Waals surface area contributed by atoms with Gasteiger partial charge in [-0.1, -0.05) is 6.92 Å². The van der Waals surface area contributed by atoms with Crippen molar-refractivity contribution in [3.63, 3.8) is 0 Å². The second kappa shape index (κ2) is 7.13. The molecule has 23 heavy (non-hydrogen) atoms. The van der Waals surface area contributed by atoms with Gasteiger partial charge in [0.1, 0.15) is 12.2 Å². The molecule has 2 aromatic heterocycles. The van der Waals surface area contributed by atoms with Gasteiger partial charge in [0.05, 0.1) is 0 Å². The first kappa shape index (κ1) is 16.0. The van der Waals surface area contributed by atoms with E-state index in [1.807, 2.05) is 13.0 Å². The molecular weight excluding hydrogens is 290 g/mol. The number of nitrogens with zero attached hydrogens (tertiary/aromatic N) is 2. The topological polar surface area (TPSA) is 56.2 Å². The highest BCUT2D eigenvalue weighted by Gasteiger charge is 2.22. The lowest BCUT2D eigenvalue weighted by Gasteiger charge is -2.24. The quantitative estimate of drug-likeness (QED) is 0.923. The van der Waals surface area contributed by atoms with Crippen LogP contribution in [0.25, 0.3) is 11.0 Å². The molecule has 0 bridgehead atoms. The van der Waals surface area contributed by atoms with Gasteiger partial charge in [-0.25, -0.2) is 4.98 Å². The van der Waals surface area contributed by atoms with Crippen LogP contribution in [-0.2, 0) is 16.1 Å². The molecule has 5 heteroatoms. The molecule has 5 nitrogen and oxygen atoms in total. The monoisotopic (exact) mass is 315 g/mol. The Kier molecular flexibility index (Phi) is 4.96. The van der Waals surface area contributed by atoms with E-state index < -0.39 is 0 Å². The number of aromatic nitrogens is 2. The van der Waals surface area contributed by atoms with Crippen molar-refractivity contribution < 1.29 is 9.53 Å². The summed E-state index contributed by atoms with van der Waals surface area (Å²) in [5.74, 6) is 0.491. The number of hydrogen-bond donors (Lipinski definition) is 1. The number of amides is 1. The smallest absolute Gasteiger partial charge is 0.240 e. The Hall–Kier alpha value is -1.88. The Labute approximate surface area is 137 Å². The van der Waals surface area contributed by atoms with Crippen LogP contribution in [-0.4, -0.2) is 34.7 Å². The number of carbonyl (C=O) groups is 1. The van der Waals surface area contributed by atoms with E-state index in [9.17, 15) is 4.79 Å². The van der Waals surface area contributed by atoms with Crippen molar-refractivity contribution in [2.45, 2.75) is 51.6 Å². The molecule has 1 aliphatic heterocycles. The van der Waals surface area contributed by atoms with E-state index in [1.54, 1.807) is 6.20 Å². The Morgan fingerprint density at radius 2 is 2.26 bits per heavy atom. The molecule has 1 atom stereocenters. The van der Waals surface area contributed by atoms with Crippen molar-refractivity contribution in [1.82, 2.24) is 14.9 Å². The molecule has 3 heterocycles. The molecule has 1 N–H and O–H groups in total. The standard InChI is InChI=1S/C18H25N3O2/c1-3-13(2)20-17(22)12-21-16(14-6-9-23-10-7-14)11-15-5-4-8-19-18(15)21/h4-5,8,11,13-14H,3,6-7,9-10,12H2,1-2H3,(H,20,22). The summed E-state index contributed by atoms with van der Waals surface area (Å²) >= 11 is 0. The molecule has 0 aliphatic carbocycles. The summed E-state index contributed by atoms with van der Waals surface area (Å²) < 4.78 is 7.57. The Bertz CT molecular complexity index is 674. The Morgan fingerprint density at radius 1 is 1.48 bits per heavy atom. The maximum atomic E-state index is 12.4. The number of hydrogen-bond acceptors (Lipinski definition) is 3. The summed E-state index contributed by atoms with van der Waals surface area (Å²) in [6.45, 7) is 6.02. The van der Waals surface area contributed by atoms with Crippen LogP contribution in [0.5, 0.6) is 0 Å². The SMILES string of the molecule is CCC(C)NC(=O)Cn1c(C2CCOCC2)cc2cccnc21. The van der Waals surface area contributed by atoms with Crippen LogP contribution < -0.4 is 5.32 Å². The fourth-order valence-corrected chi connectivity index (χ4v) is 3.17. The predicted molar refractivity (Wildman–Crippen MR) is 90.4 cm³/mol. The molecule has 1 saturated heterocycles. The summed E-state index contributed by atoms with van der Waals surface area (Å²) in [5, 5.41) is 4.15. The van der Waals surface area contributed by atoms with E-state index in [4.69, 9.17) is 4.74 Å². The molecule has 0 radical (unpaired) electrons. The molecule has 0 spiro atoms. The average molecular weight is 315 g/mol. The van der Waals surface area contributed by atoms with Gasteiger partial charge in [0.2, 0.25) is 5.91 Å². The molecule has 1 fully saturated rings. The zero-order chi connectivity index (χ0) is 16.2. The summed E-state index contributed by atoms with van der Waals surface area (Å²) in [4.78, 5) is 16.9. The summed E-state index contributed by atoms with van der Waals surface area (Å²) in [6.07, 6.45) is 4.73.